The van der Waals surface area contributed by atoms with Crippen LogP contribution in [0.15, 0.2) is 48.6 Å². The van der Waals surface area contributed by atoms with Crippen LogP contribution in [0, 0.1) is 0 Å². The van der Waals surface area contributed by atoms with E-state index < -0.39 is 12.1 Å². The summed E-state index contributed by atoms with van der Waals surface area (Å²) in [5.41, 5.74) is 0. The van der Waals surface area contributed by atoms with E-state index in [1.54, 1.807) is 0 Å². The molecule has 0 heterocycles. The molecular formula is C74H139NO5. The molecule has 0 saturated carbocycles. The van der Waals surface area contributed by atoms with Crippen molar-refractivity contribution in [3.63, 3.8) is 0 Å². The Morgan fingerprint density at radius 1 is 0.350 bits per heavy atom. The van der Waals surface area contributed by atoms with Crippen molar-refractivity contribution >= 4 is 11.9 Å². The molecule has 0 radical (unpaired) electrons. The molecule has 0 fully saturated rings. The largest absolute Gasteiger partial charge is 0.466 e. The highest BCUT2D eigenvalue weighted by Crippen LogP contribution is 2.18. The summed E-state index contributed by atoms with van der Waals surface area (Å²) in [7, 11) is 0. The highest BCUT2D eigenvalue weighted by atomic mass is 16.5. The number of aliphatic hydroxyl groups is 2. The minimum absolute atomic E-state index is 0.00127. The second kappa shape index (κ2) is 69.3. The van der Waals surface area contributed by atoms with Gasteiger partial charge in [-0.2, -0.15) is 0 Å². The van der Waals surface area contributed by atoms with Crippen LogP contribution in [0.2, 0.25) is 0 Å². The minimum atomic E-state index is -0.666. The van der Waals surface area contributed by atoms with E-state index in [2.05, 4.69) is 67.8 Å². The molecule has 0 saturated heterocycles. The van der Waals surface area contributed by atoms with Gasteiger partial charge >= 0.3 is 5.97 Å². The van der Waals surface area contributed by atoms with Crippen LogP contribution < -0.4 is 5.32 Å². The molecule has 6 nitrogen and oxygen atoms in total. The molecule has 2 atom stereocenters. The van der Waals surface area contributed by atoms with Crippen molar-refractivity contribution in [3.05, 3.63) is 48.6 Å². The van der Waals surface area contributed by atoms with Crippen molar-refractivity contribution in [2.45, 2.75) is 398 Å². The summed E-state index contributed by atoms with van der Waals surface area (Å²) in [6, 6.07) is -0.544. The average molecular weight is 1120 g/mol. The van der Waals surface area contributed by atoms with E-state index in [-0.39, 0.29) is 18.5 Å². The summed E-state index contributed by atoms with van der Waals surface area (Å²) in [5.74, 6) is -0.0343. The van der Waals surface area contributed by atoms with Gasteiger partial charge in [0.2, 0.25) is 5.91 Å². The summed E-state index contributed by atoms with van der Waals surface area (Å²) < 4.78 is 5.49. The first-order valence-electron chi connectivity index (χ1n) is 35.9. The third kappa shape index (κ3) is 65.0. The number of hydrogen-bond acceptors (Lipinski definition) is 5. The van der Waals surface area contributed by atoms with E-state index in [0.29, 0.717) is 25.9 Å². The number of nitrogens with one attached hydrogen (secondary N) is 1. The molecule has 0 aliphatic heterocycles. The number of ether oxygens (including phenoxy) is 1. The third-order valence-corrected chi connectivity index (χ3v) is 16.6. The maximum atomic E-state index is 12.5. The van der Waals surface area contributed by atoms with Gasteiger partial charge in [0.05, 0.1) is 25.4 Å². The van der Waals surface area contributed by atoms with Gasteiger partial charge in [-0.3, -0.25) is 9.59 Å². The Hall–Kier alpha value is -2.18. The van der Waals surface area contributed by atoms with Crippen LogP contribution in [0.1, 0.15) is 386 Å². The van der Waals surface area contributed by atoms with E-state index >= 15 is 0 Å². The summed E-state index contributed by atoms with van der Waals surface area (Å²) in [6.07, 6.45) is 90.1. The molecule has 0 aromatic carbocycles. The Morgan fingerprint density at radius 3 is 0.963 bits per heavy atom. The van der Waals surface area contributed by atoms with E-state index in [1.165, 1.54) is 295 Å². The predicted molar refractivity (Wildman–Crippen MR) is 352 cm³/mol. The highest BCUT2D eigenvalue weighted by Gasteiger charge is 2.20. The van der Waals surface area contributed by atoms with Crippen LogP contribution in [-0.4, -0.2) is 47.4 Å². The number of rotatable bonds is 67. The molecule has 6 heteroatoms. The van der Waals surface area contributed by atoms with E-state index in [4.69, 9.17) is 4.74 Å². The van der Waals surface area contributed by atoms with E-state index in [0.717, 1.165) is 57.8 Å². The van der Waals surface area contributed by atoms with Crippen molar-refractivity contribution < 1.29 is 24.5 Å². The number of esters is 1. The van der Waals surface area contributed by atoms with E-state index in [1.807, 2.05) is 0 Å². The number of allylic oxidation sites excluding steroid dienone is 8. The Morgan fingerprint density at radius 2 is 0.625 bits per heavy atom. The topological polar surface area (TPSA) is 95.9 Å². The number of carbonyl (C=O) groups is 2. The number of hydrogen-bond donors (Lipinski definition) is 3. The molecule has 0 aromatic rings. The molecule has 3 N–H and O–H groups in total. The molecule has 0 aliphatic rings. The zero-order valence-corrected chi connectivity index (χ0v) is 53.8. The van der Waals surface area contributed by atoms with Crippen LogP contribution in [0.5, 0.6) is 0 Å². The average Bonchev–Trinajstić information content (AvgIpc) is 3.46. The van der Waals surface area contributed by atoms with Crippen molar-refractivity contribution in [2.75, 3.05) is 13.2 Å². The van der Waals surface area contributed by atoms with Crippen molar-refractivity contribution in [3.8, 4) is 0 Å². The fraction of sp³-hybridized carbons (Fsp3) is 0.865. The lowest BCUT2D eigenvalue weighted by molar-refractivity contribution is -0.143. The highest BCUT2D eigenvalue weighted by molar-refractivity contribution is 5.76. The molecule has 80 heavy (non-hydrogen) atoms. The van der Waals surface area contributed by atoms with Crippen LogP contribution in [0.25, 0.3) is 0 Å². The van der Waals surface area contributed by atoms with Gasteiger partial charge in [-0.05, 0) is 89.9 Å². The molecule has 0 spiro atoms. The molecule has 1 amide bonds. The number of aliphatic hydroxyl groups excluding tert-OH is 2. The van der Waals surface area contributed by atoms with E-state index in [9.17, 15) is 19.8 Å². The maximum Gasteiger partial charge on any atom is 0.305 e. The van der Waals surface area contributed by atoms with Gasteiger partial charge in [0.1, 0.15) is 0 Å². The van der Waals surface area contributed by atoms with Crippen LogP contribution in [-0.2, 0) is 14.3 Å². The molecular weight excluding hydrogens is 983 g/mol. The standard InChI is InChI=1S/C74H139NO5/c1-3-5-7-9-11-13-15-17-19-21-35-38-42-46-50-54-58-62-66-72(77)71(70-76)75-73(78)67-63-59-55-51-47-43-39-36-33-31-29-27-25-23-22-24-26-28-30-32-34-37-41-45-49-53-57-61-65-69-80-74(79)68-64-60-56-52-48-44-40-20-18-16-14-12-10-8-6-4-2/h14,16,20,22,24,28,30,40,71-72,76-77H,3-13,15,17-19,21,23,25-27,29,31-39,41-70H2,1-2H3,(H,75,78)/b16-14-,24-22-,30-28-,40-20-. The summed E-state index contributed by atoms with van der Waals surface area (Å²) in [4.78, 5) is 24.6. The second-order valence-corrected chi connectivity index (χ2v) is 24.6. The Balaban J connectivity index is 3.41. The fourth-order valence-electron chi connectivity index (χ4n) is 11.1. The lowest BCUT2D eigenvalue weighted by Crippen LogP contribution is -2.45. The van der Waals surface area contributed by atoms with Crippen molar-refractivity contribution in [2.24, 2.45) is 0 Å². The Labute approximate surface area is 499 Å². The normalized spacial score (nSPS) is 12.8. The minimum Gasteiger partial charge on any atom is -0.466 e. The molecule has 0 rings (SSSR count). The number of carbonyl (C=O) groups excluding carboxylic acids is 2. The fourth-order valence-corrected chi connectivity index (χ4v) is 11.1. The van der Waals surface area contributed by atoms with Gasteiger partial charge in [0.15, 0.2) is 0 Å². The second-order valence-electron chi connectivity index (χ2n) is 24.6. The quantitative estimate of drug-likeness (QED) is 0.0320. The summed E-state index contributed by atoms with van der Waals surface area (Å²) >= 11 is 0. The van der Waals surface area contributed by atoms with Crippen LogP contribution in [0.3, 0.4) is 0 Å². The monoisotopic (exact) mass is 1120 g/mol. The third-order valence-electron chi connectivity index (χ3n) is 16.6. The Bertz CT molecular complexity index is 1340. The van der Waals surface area contributed by atoms with Gasteiger partial charge in [-0.15, -0.1) is 0 Å². The molecule has 470 valence electrons. The summed E-state index contributed by atoms with van der Waals surface area (Å²) in [6.45, 7) is 4.95. The molecule has 0 aromatic heterocycles. The lowest BCUT2D eigenvalue weighted by Gasteiger charge is -2.22. The van der Waals surface area contributed by atoms with Crippen LogP contribution in [0.4, 0.5) is 0 Å². The first-order chi connectivity index (χ1) is 39.5. The SMILES string of the molecule is CCCCCC/C=C\C/C=C\CCCCCCCC(=O)OCCCCCCCCCCC/C=C\C/C=C\CCCCCCCCCCCCCCCC(=O)NC(CO)C(O)CCCCCCCCCCCCCCCCCCCC. The molecule has 0 aliphatic carbocycles. The molecule has 0 bridgehead atoms. The zero-order valence-electron chi connectivity index (χ0n) is 53.8. The Kier molecular flexibility index (Phi) is 67.4. The lowest BCUT2D eigenvalue weighted by atomic mass is 10.0. The first kappa shape index (κ1) is 77.8. The van der Waals surface area contributed by atoms with Gasteiger partial charge in [0.25, 0.3) is 0 Å². The molecule has 2 unspecified atom stereocenters. The smallest absolute Gasteiger partial charge is 0.305 e. The first-order valence-corrected chi connectivity index (χ1v) is 35.9. The van der Waals surface area contributed by atoms with Crippen LogP contribution >= 0.6 is 0 Å². The zero-order chi connectivity index (χ0) is 57.8. The van der Waals surface area contributed by atoms with Crippen molar-refractivity contribution in [1.82, 2.24) is 5.32 Å². The number of amides is 1. The summed E-state index contributed by atoms with van der Waals surface area (Å²) in [5, 5.41) is 23.4. The van der Waals surface area contributed by atoms with Gasteiger partial charge < -0.3 is 20.3 Å². The van der Waals surface area contributed by atoms with Gasteiger partial charge in [-0.25, -0.2) is 0 Å². The van der Waals surface area contributed by atoms with Gasteiger partial charge in [0, 0.05) is 12.8 Å². The maximum absolute atomic E-state index is 12.5. The predicted octanol–water partition coefficient (Wildman–Crippen LogP) is 23.3. The number of unbranched alkanes of at least 4 members (excludes halogenated alkanes) is 48. The van der Waals surface area contributed by atoms with Gasteiger partial charge in [-0.1, -0.05) is 332 Å². The van der Waals surface area contributed by atoms with Crippen molar-refractivity contribution in [1.29, 1.82) is 0 Å².